The van der Waals surface area contributed by atoms with Crippen molar-refractivity contribution in [3.05, 3.63) is 60.9 Å². The zero-order chi connectivity index (χ0) is 20.4. The number of aromatic nitrogens is 4. The standard InChI is InChI=1S/C20H16FN5O2S/c1-12(27)28-17-10-18(29-20-22-7-8-26(20)2)14(21)9-16(17)25-19-13-5-3-4-6-15(13)23-11-24-19/h3-11H,1-2H3,(H,23,24,25). The summed E-state index contributed by atoms with van der Waals surface area (Å²) in [4.78, 5) is 24.5. The third kappa shape index (κ3) is 4.04. The van der Waals surface area contributed by atoms with Gasteiger partial charge >= 0.3 is 5.97 Å². The maximum Gasteiger partial charge on any atom is 0.308 e. The highest BCUT2D eigenvalue weighted by atomic mass is 32.2. The van der Waals surface area contributed by atoms with Crippen molar-refractivity contribution in [3.8, 4) is 5.75 Å². The molecule has 0 radical (unpaired) electrons. The molecule has 0 aliphatic carbocycles. The van der Waals surface area contributed by atoms with Gasteiger partial charge in [-0.3, -0.25) is 4.79 Å². The predicted octanol–water partition coefficient (Wildman–Crippen LogP) is 4.32. The molecule has 0 aliphatic rings. The Morgan fingerprint density at radius 1 is 1.21 bits per heavy atom. The smallest absolute Gasteiger partial charge is 0.308 e. The number of nitrogens with zero attached hydrogens (tertiary/aromatic N) is 4. The fraction of sp³-hybridized carbons (Fsp3) is 0.100. The van der Waals surface area contributed by atoms with Crippen molar-refractivity contribution in [1.82, 2.24) is 19.5 Å². The Hall–Kier alpha value is -3.46. The van der Waals surface area contributed by atoms with Crippen LogP contribution in [0.25, 0.3) is 10.9 Å². The van der Waals surface area contributed by atoms with Gasteiger partial charge < -0.3 is 14.6 Å². The van der Waals surface area contributed by atoms with Crippen molar-refractivity contribution in [3.63, 3.8) is 0 Å². The lowest BCUT2D eigenvalue weighted by Gasteiger charge is -2.14. The third-order valence-corrected chi connectivity index (χ3v) is 5.17. The van der Waals surface area contributed by atoms with E-state index >= 15 is 0 Å². The van der Waals surface area contributed by atoms with Crippen molar-refractivity contribution in [2.75, 3.05) is 5.32 Å². The number of esters is 1. The number of halogens is 1. The highest BCUT2D eigenvalue weighted by Crippen LogP contribution is 2.37. The van der Waals surface area contributed by atoms with Crippen molar-refractivity contribution < 1.29 is 13.9 Å². The number of carbonyl (C=O) groups excluding carboxylic acids is 1. The molecule has 0 spiro atoms. The number of anilines is 2. The molecule has 4 rings (SSSR count). The molecule has 0 fully saturated rings. The van der Waals surface area contributed by atoms with Crippen LogP contribution in [-0.2, 0) is 11.8 Å². The first-order chi connectivity index (χ1) is 14.0. The van der Waals surface area contributed by atoms with Crippen molar-refractivity contribution in [1.29, 1.82) is 0 Å². The Morgan fingerprint density at radius 3 is 2.79 bits per heavy atom. The molecule has 0 aliphatic heterocycles. The van der Waals surface area contributed by atoms with E-state index in [1.165, 1.54) is 25.4 Å². The maximum absolute atomic E-state index is 14.8. The highest BCUT2D eigenvalue weighted by Gasteiger charge is 2.17. The molecule has 1 N–H and O–H groups in total. The number of benzene rings is 2. The average molecular weight is 409 g/mol. The molecule has 0 unspecified atom stereocenters. The third-order valence-electron chi connectivity index (χ3n) is 4.06. The highest BCUT2D eigenvalue weighted by molar-refractivity contribution is 7.99. The Labute approximate surface area is 170 Å². The Bertz CT molecular complexity index is 1210. The van der Waals surface area contributed by atoms with Gasteiger partial charge in [-0.05, 0) is 23.9 Å². The molecular formula is C20H16FN5O2S. The van der Waals surface area contributed by atoms with Gasteiger partial charge in [-0.2, -0.15) is 0 Å². The van der Waals surface area contributed by atoms with Gasteiger partial charge in [0.25, 0.3) is 0 Å². The topological polar surface area (TPSA) is 81.9 Å². The molecule has 0 atom stereocenters. The minimum atomic E-state index is -0.514. The van der Waals surface area contributed by atoms with Crippen molar-refractivity contribution in [2.45, 2.75) is 17.0 Å². The zero-order valence-corrected chi connectivity index (χ0v) is 16.4. The fourth-order valence-corrected chi connectivity index (χ4v) is 3.57. The first kappa shape index (κ1) is 18.9. The van der Waals surface area contributed by atoms with Crippen LogP contribution >= 0.6 is 11.8 Å². The van der Waals surface area contributed by atoms with E-state index in [2.05, 4.69) is 20.3 Å². The van der Waals surface area contributed by atoms with Crippen LogP contribution in [0.4, 0.5) is 15.9 Å². The molecule has 29 heavy (non-hydrogen) atoms. The number of fused-ring (bicyclic) bond motifs is 1. The second kappa shape index (κ2) is 7.88. The number of para-hydroxylation sites is 1. The van der Waals surface area contributed by atoms with Gasteiger partial charge in [0.15, 0.2) is 10.9 Å². The largest absolute Gasteiger partial charge is 0.424 e. The van der Waals surface area contributed by atoms with Crippen molar-refractivity contribution >= 4 is 40.1 Å². The lowest BCUT2D eigenvalue weighted by Crippen LogP contribution is -2.06. The molecule has 9 heteroatoms. The van der Waals surface area contributed by atoms with Gasteiger partial charge in [0, 0.05) is 43.9 Å². The summed E-state index contributed by atoms with van der Waals surface area (Å²) >= 11 is 1.14. The van der Waals surface area contributed by atoms with Gasteiger partial charge in [0.2, 0.25) is 0 Å². The van der Waals surface area contributed by atoms with Crippen LogP contribution in [0.2, 0.25) is 0 Å². The van der Waals surface area contributed by atoms with Crippen LogP contribution in [0.1, 0.15) is 6.92 Å². The predicted molar refractivity (Wildman–Crippen MR) is 108 cm³/mol. The van der Waals surface area contributed by atoms with Gasteiger partial charge in [-0.25, -0.2) is 19.3 Å². The summed E-state index contributed by atoms with van der Waals surface area (Å²) in [6.07, 6.45) is 4.81. The Balaban J connectivity index is 1.74. The molecule has 0 saturated carbocycles. The molecule has 146 valence electrons. The summed E-state index contributed by atoms with van der Waals surface area (Å²) in [6.45, 7) is 1.29. The molecular weight excluding hydrogens is 393 g/mol. The van der Waals surface area contributed by atoms with Crippen molar-refractivity contribution in [2.24, 2.45) is 7.05 Å². The summed E-state index contributed by atoms with van der Waals surface area (Å²) < 4.78 is 21.9. The second-order valence-corrected chi connectivity index (χ2v) is 7.17. The fourth-order valence-electron chi connectivity index (χ4n) is 2.73. The molecule has 7 nitrogen and oxygen atoms in total. The van der Waals surface area contributed by atoms with Crippen LogP contribution in [0, 0.1) is 5.82 Å². The van der Waals surface area contributed by atoms with Crippen LogP contribution in [-0.4, -0.2) is 25.5 Å². The average Bonchev–Trinajstić information content (AvgIpc) is 3.10. The van der Waals surface area contributed by atoms with E-state index in [1.807, 2.05) is 31.3 Å². The first-order valence-corrected chi connectivity index (χ1v) is 9.47. The van der Waals surface area contributed by atoms with E-state index < -0.39 is 11.8 Å². The summed E-state index contributed by atoms with van der Waals surface area (Å²) in [5.74, 6) is -0.318. The molecule has 0 saturated heterocycles. The zero-order valence-electron chi connectivity index (χ0n) is 15.6. The lowest BCUT2D eigenvalue weighted by atomic mass is 10.2. The van der Waals surface area contributed by atoms with Crippen LogP contribution < -0.4 is 10.1 Å². The normalized spacial score (nSPS) is 10.9. The van der Waals surface area contributed by atoms with Gasteiger partial charge in [-0.15, -0.1) is 0 Å². The molecule has 2 aromatic heterocycles. The van der Waals surface area contributed by atoms with Gasteiger partial charge in [-0.1, -0.05) is 12.1 Å². The van der Waals surface area contributed by atoms with E-state index in [4.69, 9.17) is 4.74 Å². The number of ether oxygens (including phenoxy) is 1. The quantitative estimate of drug-likeness (QED) is 0.388. The monoisotopic (exact) mass is 409 g/mol. The molecule has 2 aromatic carbocycles. The van der Waals surface area contributed by atoms with Gasteiger partial charge in [0.05, 0.1) is 16.1 Å². The summed E-state index contributed by atoms with van der Waals surface area (Å²) in [7, 11) is 1.82. The van der Waals surface area contributed by atoms with E-state index in [1.54, 1.807) is 17.0 Å². The number of hydrogen-bond acceptors (Lipinski definition) is 7. The summed E-state index contributed by atoms with van der Waals surface area (Å²) in [5.41, 5.74) is 1.02. The number of rotatable bonds is 5. The number of carbonyl (C=O) groups is 1. The van der Waals surface area contributed by atoms with Crippen LogP contribution in [0.15, 0.2) is 65.2 Å². The van der Waals surface area contributed by atoms with Crippen LogP contribution in [0.5, 0.6) is 5.75 Å². The Kier molecular flexibility index (Phi) is 5.13. The van der Waals surface area contributed by atoms with E-state index in [0.717, 1.165) is 22.7 Å². The van der Waals surface area contributed by atoms with Gasteiger partial charge in [0.1, 0.15) is 18.0 Å². The number of imidazole rings is 1. The van der Waals surface area contributed by atoms with Crippen LogP contribution in [0.3, 0.4) is 0 Å². The second-order valence-electron chi connectivity index (χ2n) is 6.16. The van der Waals surface area contributed by atoms with E-state index in [-0.39, 0.29) is 16.3 Å². The molecule has 2 heterocycles. The van der Waals surface area contributed by atoms with E-state index in [9.17, 15) is 9.18 Å². The SMILES string of the molecule is CC(=O)Oc1cc(Sc2nccn2C)c(F)cc1Nc1ncnc2ccccc12. The lowest BCUT2D eigenvalue weighted by molar-refractivity contribution is -0.131. The summed E-state index contributed by atoms with van der Waals surface area (Å²) in [5, 5.41) is 4.43. The Morgan fingerprint density at radius 2 is 2.03 bits per heavy atom. The molecule has 0 amide bonds. The number of hydrogen-bond donors (Lipinski definition) is 1. The molecule has 4 aromatic rings. The summed E-state index contributed by atoms with van der Waals surface area (Å²) in [6, 6.07) is 10.2. The minimum Gasteiger partial charge on any atom is -0.424 e. The first-order valence-electron chi connectivity index (χ1n) is 8.65. The number of aryl methyl sites for hydroxylation is 1. The van der Waals surface area contributed by atoms with E-state index in [0.29, 0.717) is 11.0 Å². The minimum absolute atomic E-state index is 0.193. The molecule has 0 bridgehead atoms. The maximum atomic E-state index is 14.8. The number of nitrogens with one attached hydrogen (secondary N) is 1.